The number of hydrogen-bond donors (Lipinski definition) is 1. The number of ketones is 2. The highest BCUT2D eigenvalue weighted by atomic mass is 32.1. The number of carbonyl (C=O) groups is 5. The van der Waals surface area contributed by atoms with Gasteiger partial charge in [0.2, 0.25) is 5.82 Å². The van der Waals surface area contributed by atoms with Crippen molar-refractivity contribution in [2.24, 2.45) is 0 Å². The van der Waals surface area contributed by atoms with Gasteiger partial charge in [-0.05, 0) is 65.9 Å². The molecule has 2 saturated heterocycles. The van der Waals surface area contributed by atoms with Gasteiger partial charge in [-0.1, -0.05) is 60.7 Å². The summed E-state index contributed by atoms with van der Waals surface area (Å²) in [6.07, 6.45) is 7.67. The molecule has 2 aliphatic rings. The maximum atomic E-state index is 12.9. The predicted molar refractivity (Wildman–Crippen MR) is 339 cm³/mol. The van der Waals surface area contributed by atoms with Crippen LogP contribution in [0, 0.1) is 0 Å². The van der Waals surface area contributed by atoms with Crippen LogP contribution in [0.5, 0.6) is 0 Å². The van der Waals surface area contributed by atoms with E-state index in [-0.39, 0.29) is 37.2 Å². The molecule has 91 heavy (non-hydrogen) atoms. The van der Waals surface area contributed by atoms with Crippen LogP contribution in [-0.2, 0) is 103 Å². The van der Waals surface area contributed by atoms with Gasteiger partial charge in [0.05, 0.1) is 152 Å². The van der Waals surface area contributed by atoms with Crippen molar-refractivity contribution in [2.75, 3.05) is 198 Å². The van der Waals surface area contributed by atoms with Crippen molar-refractivity contribution in [3.63, 3.8) is 0 Å². The van der Waals surface area contributed by atoms with Crippen molar-refractivity contribution in [2.45, 2.75) is 82.5 Å². The monoisotopic (exact) mass is 1310 g/mol. The molecule has 1 N–H and O–H groups in total. The Balaban J connectivity index is 0.700. The Morgan fingerprint density at radius 1 is 0.527 bits per heavy atom. The molecule has 0 spiro atoms. The minimum Gasteiger partial charge on any atom is -0.584 e. The van der Waals surface area contributed by atoms with Gasteiger partial charge < -0.3 is 64.8 Å². The number of ether oxygens (including phenoxy) is 11. The Morgan fingerprint density at radius 3 is 1.44 bits per heavy atom. The molecule has 5 rings (SSSR count). The molecule has 2 aliphatic heterocycles. The molecular weight excluding hydrogens is 1220 g/mol. The number of carboxylic acid groups (broad SMARTS) is 1. The highest BCUT2D eigenvalue weighted by molar-refractivity contribution is 7.80. The third kappa shape index (κ3) is 38.2. The van der Waals surface area contributed by atoms with Crippen LogP contribution in [0.4, 0.5) is 0 Å². The SMILES string of the molecule is [CH3][Al]1[O]C(=O)CN2CCN(CC(=O)O)CC(Cc3ccc(CC(=S)CCCOCCOCCOCCOCCOCCOCCOCCOCCOCCOCCOCCCC(=O)CCCC(=O)CCc4ccc(-c5nncnn5)cc4)cc3)N(CC2)CC(=O)[O]1. The normalized spacial score (nSPS) is 16.6. The third-order valence-corrected chi connectivity index (χ3v) is 15.9. The molecule has 0 aliphatic carbocycles. The molecular formula is C63H96AlN7O19S. The molecule has 26 nitrogen and oxygen atoms in total. The number of aryl methyl sites for hydroxylation is 1. The predicted octanol–water partition coefficient (Wildman–Crippen LogP) is 3.66. The molecule has 0 saturated carbocycles. The standard InChI is InChI=1S/C62H95N7O19S.CH3.Al/c70-56(4-1-5-57(71)17-14-51-12-15-54(16-13-51)62-65-63-50-64-66-62)6-2-22-78-24-26-80-28-30-82-32-34-84-36-38-86-40-42-88-43-41-87-39-37-85-35-33-83-31-29-81-27-25-79-23-3-7-58(89)45-53-10-8-52(9-11-53)44-55-46-68(48-60(74)75)19-18-67(47-59(72)73)20-21-69(55)49-61(76)77;;/h8-13,15-16,50,55H,1-7,14,17-49H2,(H,72,73)(H,74,75)(H,76,77);1H3;/q;;+2/p-2. The number of hydrogen-bond acceptors (Lipinski definition) is 26. The van der Waals surface area contributed by atoms with Crippen LogP contribution >= 0.6 is 12.2 Å². The first-order valence-electron chi connectivity index (χ1n) is 31.9. The Morgan fingerprint density at radius 2 is 0.945 bits per heavy atom. The molecule has 0 amide bonds. The largest absolute Gasteiger partial charge is 0.857 e. The number of fused-ring (bicyclic) bond motifs is 3. The maximum Gasteiger partial charge on any atom is 0.857 e. The van der Waals surface area contributed by atoms with Crippen molar-refractivity contribution in [3.8, 4) is 11.4 Å². The second-order valence-electron chi connectivity index (χ2n) is 21.8. The summed E-state index contributed by atoms with van der Waals surface area (Å²) in [4.78, 5) is 68.7. The van der Waals surface area contributed by atoms with Gasteiger partial charge in [-0.15, -0.1) is 20.4 Å². The number of nitrogens with zero attached hydrogens (tertiary/aromatic N) is 7. The molecule has 1 aromatic heterocycles. The smallest absolute Gasteiger partial charge is 0.584 e. The van der Waals surface area contributed by atoms with E-state index in [0.717, 1.165) is 40.0 Å². The molecule has 3 atom stereocenters. The van der Waals surface area contributed by atoms with E-state index in [1.807, 2.05) is 34.1 Å². The molecule has 3 heterocycles. The summed E-state index contributed by atoms with van der Waals surface area (Å²) in [5.74, 6) is 0.616. The lowest BCUT2D eigenvalue weighted by molar-refractivity contribution is -0.142. The first-order chi connectivity index (χ1) is 44.5. The number of aromatic nitrogens is 4. The first-order valence-corrected chi connectivity index (χ1v) is 34.4. The van der Waals surface area contributed by atoms with Crippen molar-refractivity contribution >= 4 is 61.4 Å². The Bertz CT molecular complexity index is 2470. The molecule has 2 fully saturated rings. The average Bonchev–Trinajstić information content (AvgIpc) is 3.72. The Hall–Kier alpha value is -4.81. The summed E-state index contributed by atoms with van der Waals surface area (Å²) in [6.45, 7) is 12.7. The van der Waals surface area contributed by atoms with Crippen LogP contribution in [-0.4, -0.2) is 293 Å². The van der Waals surface area contributed by atoms with Crippen LogP contribution < -0.4 is 0 Å². The Kier molecular flexibility index (Phi) is 42.0. The van der Waals surface area contributed by atoms with Crippen LogP contribution in [0.3, 0.4) is 0 Å². The minimum atomic E-state index is -2.48. The maximum absolute atomic E-state index is 12.9. The van der Waals surface area contributed by atoms with E-state index in [0.29, 0.717) is 242 Å². The molecule has 2 bridgehead atoms. The summed E-state index contributed by atoms with van der Waals surface area (Å²) in [6, 6.07) is 15.8. The zero-order valence-corrected chi connectivity index (χ0v) is 55.1. The second kappa shape index (κ2) is 49.7. The van der Waals surface area contributed by atoms with E-state index < -0.39 is 32.7 Å². The molecule has 506 valence electrons. The van der Waals surface area contributed by atoms with E-state index >= 15 is 0 Å². The van der Waals surface area contributed by atoms with Crippen LogP contribution in [0.2, 0.25) is 5.79 Å². The van der Waals surface area contributed by atoms with E-state index in [9.17, 15) is 29.1 Å². The fourth-order valence-corrected chi connectivity index (χ4v) is 10.9. The topological polar surface area (TPSA) is 287 Å². The molecule has 0 radical (unpaired) electrons. The number of aliphatic carboxylic acids is 1. The lowest BCUT2D eigenvalue weighted by atomic mass is 10.00. The van der Waals surface area contributed by atoms with Crippen LogP contribution in [0.15, 0.2) is 54.9 Å². The highest BCUT2D eigenvalue weighted by Gasteiger charge is 2.34. The van der Waals surface area contributed by atoms with E-state index in [1.165, 1.54) is 6.33 Å². The lowest BCUT2D eigenvalue weighted by Crippen LogP contribution is -2.49. The average molecular weight is 1310 g/mol. The number of benzene rings is 2. The van der Waals surface area contributed by atoms with Gasteiger partial charge in [0.15, 0.2) is 6.33 Å². The zero-order valence-electron chi connectivity index (χ0n) is 53.2. The van der Waals surface area contributed by atoms with Crippen LogP contribution in [0.25, 0.3) is 11.4 Å². The molecule has 2 aromatic carbocycles. The van der Waals surface area contributed by atoms with E-state index in [4.69, 9.17) is 71.9 Å². The van der Waals surface area contributed by atoms with Gasteiger partial charge in [0.25, 0.3) is 11.9 Å². The van der Waals surface area contributed by atoms with E-state index in [1.54, 1.807) is 5.79 Å². The second-order valence-corrected chi connectivity index (χ2v) is 23.9. The number of rotatable bonds is 52. The van der Waals surface area contributed by atoms with Gasteiger partial charge in [-0.3, -0.25) is 38.7 Å². The summed E-state index contributed by atoms with van der Waals surface area (Å²) in [5, 5.41) is 25.0. The molecule has 3 unspecified atom stereocenters. The number of carbonyl (C=O) groups excluding carboxylic acids is 4. The summed E-state index contributed by atoms with van der Waals surface area (Å²) in [5.41, 5.74) is 4.03. The molecule has 3 aromatic rings. The summed E-state index contributed by atoms with van der Waals surface area (Å²) in [7, 11) is 0. The minimum absolute atomic E-state index is 0.0247. The summed E-state index contributed by atoms with van der Waals surface area (Å²) >= 11 is 3.23. The van der Waals surface area contributed by atoms with Crippen LogP contribution in [0.1, 0.15) is 68.1 Å². The first kappa shape index (κ1) is 76.9. The number of Topliss-reactive ketones (excluding diaryl/α,β-unsaturated/α-hetero) is 2. The fraction of sp³-hybridized carbons (Fsp3) is 0.683. The van der Waals surface area contributed by atoms with Gasteiger partial charge in [0.1, 0.15) is 11.6 Å². The van der Waals surface area contributed by atoms with Crippen molar-refractivity contribution in [1.29, 1.82) is 0 Å². The van der Waals surface area contributed by atoms with Gasteiger partial charge in [0, 0.05) is 89.6 Å². The van der Waals surface area contributed by atoms with Crippen molar-refractivity contribution < 1.29 is 88.8 Å². The van der Waals surface area contributed by atoms with E-state index in [2.05, 4.69) is 49.6 Å². The quantitative estimate of drug-likeness (QED) is 0.0479. The van der Waals surface area contributed by atoms with Crippen molar-refractivity contribution in [1.82, 2.24) is 35.1 Å². The zero-order chi connectivity index (χ0) is 64.6. The lowest BCUT2D eigenvalue weighted by Gasteiger charge is -2.34. The van der Waals surface area contributed by atoms with Gasteiger partial charge in [-0.25, -0.2) is 0 Å². The fourth-order valence-electron chi connectivity index (χ4n) is 9.65. The highest BCUT2D eigenvalue weighted by Crippen LogP contribution is 2.18. The number of carboxylic acids is 1. The van der Waals surface area contributed by atoms with Gasteiger partial charge in [-0.2, -0.15) is 0 Å². The van der Waals surface area contributed by atoms with Crippen molar-refractivity contribution in [3.05, 3.63) is 71.5 Å². The summed E-state index contributed by atoms with van der Waals surface area (Å²) < 4.78 is 72.3. The molecule has 28 heteroatoms. The van der Waals surface area contributed by atoms with Gasteiger partial charge >= 0.3 is 20.8 Å². The number of thiocarbonyl (C=S) groups is 1. The third-order valence-electron chi connectivity index (χ3n) is 14.4. The Labute approximate surface area is 545 Å².